The second-order valence-electron chi connectivity index (χ2n) is 8.26. The SMILES string of the molecule is COc1cccc(CNC(=O)[C@]2(C)Cc3ccccc3C(=O)N2C2CCCC2)c1. The lowest BCUT2D eigenvalue weighted by Crippen LogP contribution is -2.64. The van der Waals surface area contributed by atoms with Gasteiger partial charge in [-0.15, -0.1) is 0 Å². The standard InChI is InChI=1S/C24H28N2O3/c1-24(23(28)25-16-17-8-7-12-20(14-17)29-2)15-18-9-3-6-13-21(18)22(27)26(24)19-10-4-5-11-19/h3,6-9,12-14,19H,4-5,10-11,15-16H2,1-2H3,(H,25,28)/t24-/m0/s1. The molecule has 2 aliphatic rings. The van der Waals surface area contributed by atoms with Crippen LogP contribution in [0.25, 0.3) is 0 Å². The third-order valence-corrected chi connectivity index (χ3v) is 6.30. The summed E-state index contributed by atoms with van der Waals surface area (Å²) in [5.41, 5.74) is 1.76. The molecule has 1 heterocycles. The molecular weight excluding hydrogens is 364 g/mol. The molecular formula is C24H28N2O3. The number of carbonyl (C=O) groups is 2. The van der Waals surface area contributed by atoms with E-state index in [0.29, 0.717) is 13.0 Å². The van der Waals surface area contributed by atoms with Gasteiger partial charge >= 0.3 is 0 Å². The number of fused-ring (bicyclic) bond motifs is 1. The van der Waals surface area contributed by atoms with Crippen molar-refractivity contribution in [3.8, 4) is 5.75 Å². The first-order chi connectivity index (χ1) is 14.0. The van der Waals surface area contributed by atoms with Crippen molar-refractivity contribution in [3.63, 3.8) is 0 Å². The summed E-state index contributed by atoms with van der Waals surface area (Å²) < 4.78 is 5.27. The van der Waals surface area contributed by atoms with E-state index in [1.54, 1.807) is 7.11 Å². The Balaban J connectivity index is 1.61. The quantitative estimate of drug-likeness (QED) is 0.844. The monoisotopic (exact) mass is 392 g/mol. The van der Waals surface area contributed by atoms with Crippen molar-refractivity contribution < 1.29 is 14.3 Å². The number of hydrogen-bond acceptors (Lipinski definition) is 3. The van der Waals surface area contributed by atoms with Crippen molar-refractivity contribution in [2.24, 2.45) is 0 Å². The largest absolute Gasteiger partial charge is 0.497 e. The summed E-state index contributed by atoms with van der Waals surface area (Å²) in [6, 6.07) is 15.5. The average Bonchev–Trinajstić information content (AvgIpc) is 3.26. The van der Waals surface area contributed by atoms with Crippen molar-refractivity contribution >= 4 is 11.8 Å². The smallest absolute Gasteiger partial charge is 0.255 e. The Morgan fingerprint density at radius 3 is 2.69 bits per heavy atom. The van der Waals surface area contributed by atoms with E-state index in [-0.39, 0.29) is 17.9 Å². The van der Waals surface area contributed by atoms with E-state index in [1.807, 2.05) is 60.4 Å². The first-order valence-electron chi connectivity index (χ1n) is 10.4. The fourth-order valence-corrected chi connectivity index (χ4v) is 4.77. The second-order valence-corrected chi connectivity index (χ2v) is 8.26. The molecule has 29 heavy (non-hydrogen) atoms. The predicted octanol–water partition coefficient (Wildman–Crippen LogP) is 3.71. The number of nitrogens with one attached hydrogen (secondary N) is 1. The Morgan fingerprint density at radius 1 is 1.17 bits per heavy atom. The van der Waals surface area contributed by atoms with Crippen molar-refractivity contribution in [2.45, 2.75) is 57.2 Å². The maximum absolute atomic E-state index is 13.4. The molecule has 2 aromatic rings. The summed E-state index contributed by atoms with van der Waals surface area (Å²) in [4.78, 5) is 28.7. The minimum atomic E-state index is -0.890. The minimum absolute atomic E-state index is 0.0159. The van der Waals surface area contributed by atoms with Gasteiger partial charge in [0.2, 0.25) is 5.91 Å². The molecule has 0 spiro atoms. The maximum Gasteiger partial charge on any atom is 0.255 e. The number of rotatable bonds is 5. The van der Waals surface area contributed by atoms with Crippen LogP contribution in [0.4, 0.5) is 0 Å². The minimum Gasteiger partial charge on any atom is -0.497 e. The summed E-state index contributed by atoms with van der Waals surface area (Å²) in [5.74, 6) is 0.644. The van der Waals surface area contributed by atoms with E-state index in [0.717, 1.165) is 48.1 Å². The Morgan fingerprint density at radius 2 is 1.93 bits per heavy atom. The van der Waals surface area contributed by atoms with Crippen LogP contribution < -0.4 is 10.1 Å². The van der Waals surface area contributed by atoms with Gasteiger partial charge in [0, 0.05) is 24.6 Å². The van der Waals surface area contributed by atoms with Gasteiger partial charge < -0.3 is 15.0 Å². The number of methoxy groups -OCH3 is 1. The van der Waals surface area contributed by atoms with Crippen LogP contribution in [0.15, 0.2) is 48.5 Å². The van der Waals surface area contributed by atoms with E-state index in [4.69, 9.17) is 4.74 Å². The molecule has 5 nitrogen and oxygen atoms in total. The zero-order valence-corrected chi connectivity index (χ0v) is 17.1. The zero-order chi connectivity index (χ0) is 20.4. The van der Waals surface area contributed by atoms with Gasteiger partial charge in [0.15, 0.2) is 0 Å². The predicted molar refractivity (Wildman–Crippen MR) is 112 cm³/mol. The lowest BCUT2D eigenvalue weighted by atomic mass is 9.81. The average molecular weight is 392 g/mol. The number of hydrogen-bond donors (Lipinski definition) is 1. The molecule has 4 rings (SSSR count). The molecule has 1 aliphatic heterocycles. The van der Waals surface area contributed by atoms with Gasteiger partial charge in [-0.3, -0.25) is 9.59 Å². The lowest BCUT2D eigenvalue weighted by molar-refractivity contribution is -0.133. The molecule has 1 aliphatic carbocycles. The van der Waals surface area contributed by atoms with Crippen molar-refractivity contribution in [1.29, 1.82) is 0 Å². The highest BCUT2D eigenvalue weighted by molar-refractivity contribution is 6.02. The molecule has 0 aromatic heterocycles. The van der Waals surface area contributed by atoms with Crippen LogP contribution in [0.5, 0.6) is 5.75 Å². The first-order valence-corrected chi connectivity index (χ1v) is 10.4. The van der Waals surface area contributed by atoms with Gasteiger partial charge in [-0.05, 0) is 49.1 Å². The topological polar surface area (TPSA) is 58.6 Å². The Hall–Kier alpha value is -2.82. The van der Waals surface area contributed by atoms with Crippen LogP contribution in [-0.2, 0) is 17.8 Å². The molecule has 0 unspecified atom stereocenters. The van der Waals surface area contributed by atoms with Crippen LogP contribution in [0, 0.1) is 0 Å². The van der Waals surface area contributed by atoms with E-state index in [2.05, 4.69) is 5.32 Å². The molecule has 0 saturated heterocycles. The number of benzene rings is 2. The van der Waals surface area contributed by atoms with Gasteiger partial charge in [-0.1, -0.05) is 43.2 Å². The third kappa shape index (κ3) is 3.61. The van der Waals surface area contributed by atoms with Crippen molar-refractivity contribution in [1.82, 2.24) is 10.2 Å². The normalized spacial score (nSPS) is 21.7. The second kappa shape index (κ2) is 7.90. The molecule has 1 fully saturated rings. The van der Waals surface area contributed by atoms with Gasteiger partial charge in [-0.25, -0.2) is 0 Å². The third-order valence-electron chi connectivity index (χ3n) is 6.30. The molecule has 1 atom stereocenters. The molecule has 2 aromatic carbocycles. The molecule has 5 heteroatoms. The Labute approximate surface area is 172 Å². The van der Waals surface area contributed by atoms with Gasteiger partial charge in [0.25, 0.3) is 5.91 Å². The molecule has 152 valence electrons. The summed E-state index contributed by atoms with van der Waals surface area (Å²) in [6.45, 7) is 2.32. The van der Waals surface area contributed by atoms with Crippen molar-refractivity contribution in [3.05, 3.63) is 65.2 Å². The fourth-order valence-electron chi connectivity index (χ4n) is 4.77. The van der Waals surface area contributed by atoms with Gasteiger partial charge in [0.05, 0.1) is 7.11 Å². The molecule has 0 radical (unpaired) electrons. The van der Waals surface area contributed by atoms with E-state index in [1.165, 1.54) is 0 Å². The summed E-state index contributed by atoms with van der Waals surface area (Å²) >= 11 is 0. The van der Waals surface area contributed by atoms with E-state index >= 15 is 0 Å². The van der Waals surface area contributed by atoms with E-state index in [9.17, 15) is 9.59 Å². The van der Waals surface area contributed by atoms with E-state index < -0.39 is 5.54 Å². The Bertz CT molecular complexity index is 920. The van der Waals surface area contributed by atoms with Gasteiger partial charge in [-0.2, -0.15) is 0 Å². The number of nitrogens with zero attached hydrogens (tertiary/aromatic N) is 1. The number of amides is 2. The highest BCUT2D eigenvalue weighted by atomic mass is 16.5. The lowest BCUT2D eigenvalue weighted by Gasteiger charge is -2.47. The first kappa shape index (κ1) is 19.5. The molecule has 1 N–H and O–H groups in total. The van der Waals surface area contributed by atoms with Crippen molar-refractivity contribution in [2.75, 3.05) is 7.11 Å². The van der Waals surface area contributed by atoms with Crippen LogP contribution in [0.1, 0.15) is 54.1 Å². The van der Waals surface area contributed by atoms with Crippen LogP contribution in [0.3, 0.4) is 0 Å². The molecule has 1 saturated carbocycles. The highest BCUT2D eigenvalue weighted by Crippen LogP contribution is 2.37. The van der Waals surface area contributed by atoms with Crippen LogP contribution in [0.2, 0.25) is 0 Å². The maximum atomic E-state index is 13.4. The van der Waals surface area contributed by atoms with Gasteiger partial charge in [0.1, 0.15) is 11.3 Å². The molecule has 0 bridgehead atoms. The van der Waals surface area contributed by atoms with Crippen LogP contribution in [-0.4, -0.2) is 35.4 Å². The number of ether oxygens (including phenoxy) is 1. The Kier molecular flexibility index (Phi) is 5.31. The summed E-state index contributed by atoms with van der Waals surface area (Å²) in [7, 11) is 1.63. The number of carbonyl (C=O) groups excluding carboxylic acids is 2. The summed E-state index contributed by atoms with van der Waals surface area (Å²) in [5, 5.41) is 3.08. The fraction of sp³-hybridized carbons (Fsp3) is 0.417. The zero-order valence-electron chi connectivity index (χ0n) is 17.1. The highest BCUT2D eigenvalue weighted by Gasteiger charge is 2.49. The van der Waals surface area contributed by atoms with Crippen LogP contribution >= 0.6 is 0 Å². The molecule has 2 amide bonds. The summed E-state index contributed by atoms with van der Waals surface area (Å²) in [6.07, 6.45) is 4.68.